The maximum Gasteiger partial charge on any atom is 0.194 e. The molecule has 0 aliphatic rings. The Morgan fingerprint density at radius 3 is 2.67 bits per heavy atom. The van der Waals surface area contributed by atoms with Crippen LogP contribution in [0.3, 0.4) is 0 Å². The van der Waals surface area contributed by atoms with Crippen molar-refractivity contribution >= 4 is 41.5 Å². The zero-order valence-corrected chi connectivity index (χ0v) is 19.4. The minimum atomic E-state index is -0.338. The van der Waals surface area contributed by atoms with E-state index in [2.05, 4.69) is 15.4 Å². The van der Waals surface area contributed by atoms with E-state index < -0.39 is 0 Å². The topological polar surface area (TPSA) is 58.3 Å². The Kier molecular flexibility index (Phi) is 8.93. The lowest BCUT2D eigenvalue weighted by atomic mass is 9.84. The Morgan fingerprint density at radius 1 is 1.41 bits per heavy atom. The van der Waals surface area contributed by atoms with Crippen LogP contribution in [0.4, 0.5) is 4.39 Å². The summed E-state index contributed by atoms with van der Waals surface area (Å²) in [5.41, 5.74) is 0.535. The smallest absolute Gasteiger partial charge is 0.194 e. The van der Waals surface area contributed by atoms with E-state index in [0.29, 0.717) is 18.1 Å². The molecule has 0 atom stereocenters. The van der Waals surface area contributed by atoms with Crippen LogP contribution in [0, 0.1) is 5.82 Å². The summed E-state index contributed by atoms with van der Waals surface area (Å²) < 4.78 is 15.1. The highest BCUT2D eigenvalue weighted by molar-refractivity contribution is 14.0. The minimum Gasteiger partial charge on any atom is -0.357 e. The first-order valence-corrected chi connectivity index (χ1v) is 8.90. The van der Waals surface area contributed by atoms with Crippen molar-refractivity contribution in [2.75, 3.05) is 20.1 Å². The molecule has 27 heavy (non-hydrogen) atoms. The first-order chi connectivity index (χ1) is 12.2. The fourth-order valence-corrected chi connectivity index (χ4v) is 3.04. The van der Waals surface area contributed by atoms with Crippen LogP contribution in [0.2, 0.25) is 5.02 Å². The first kappa shape index (κ1) is 23.6. The van der Waals surface area contributed by atoms with Crippen molar-refractivity contribution in [1.82, 2.24) is 25.0 Å². The number of guanidine groups is 1. The molecule has 0 amide bonds. The van der Waals surface area contributed by atoms with Crippen LogP contribution < -0.4 is 5.32 Å². The van der Waals surface area contributed by atoms with Gasteiger partial charge in [-0.05, 0) is 24.6 Å². The lowest BCUT2D eigenvalue weighted by Crippen LogP contribution is -2.40. The van der Waals surface area contributed by atoms with E-state index in [1.54, 1.807) is 10.7 Å². The van der Waals surface area contributed by atoms with Gasteiger partial charge in [0.05, 0.1) is 13.1 Å². The molecule has 0 bridgehead atoms. The molecule has 0 aliphatic heterocycles. The van der Waals surface area contributed by atoms with Crippen molar-refractivity contribution in [2.24, 2.45) is 12.0 Å². The number of aromatic nitrogens is 3. The molecule has 9 heteroatoms. The quantitative estimate of drug-likeness (QED) is 0.368. The van der Waals surface area contributed by atoms with Crippen molar-refractivity contribution in [2.45, 2.75) is 32.7 Å². The molecule has 1 aromatic carbocycles. The van der Waals surface area contributed by atoms with Gasteiger partial charge in [-0.1, -0.05) is 31.5 Å². The fourth-order valence-electron chi connectivity index (χ4n) is 2.62. The summed E-state index contributed by atoms with van der Waals surface area (Å²) in [7, 11) is 3.81. The summed E-state index contributed by atoms with van der Waals surface area (Å²) >= 11 is 6.23. The number of halogens is 3. The van der Waals surface area contributed by atoms with E-state index in [1.807, 2.05) is 39.8 Å². The summed E-state index contributed by atoms with van der Waals surface area (Å²) in [5.74, 6) is 1.27. The number of rotatable bonds is 6. The third-order valence-electron chi connectivity index (χ3n) is 4.16. The molecule has 1 aromatic heterocycles. The molecule has 1 N–H and O–H groups in total. The van der Waals surface area contributed by atoms with Gasteiger partial charge in [0.15, 0.2) is 5.96 Å². The molecule has 0 unspecified atom stereocenters. The third-order valence-corrected chi connectivity index (χ3v) is 4.48. The Morgan fingerprint density at radius 2 is 2.11 bits per heavy atom. The molecular formula is C18H27ClFIN6. The molecule has 0 saturated heterocycles. The lowest BCUT2D eigenvalue weighted by Gasteiger charge is -2.27. The Hall–Kier alpha value is -1.42. The standard InChI is InChI=1S/C18H26ClFN6.HI/c1-6-21-17(25(4)10-16-23-12-24-26(16)5)22-11-18(2,3)14-8-7-13(20)9-15(14)19;/h7-9,12H,6,10-11H2,1-5H3,(H,21,22);1H. The van der Waals surface area contributed by atoms with Crippen molar-refractivity contribution in [1.29, 1.82) is 0 Å². The summed E-state index contributed by atoms with van der Waals surface area (Å²) in [6.45, 7) is 7.95. The number of hydrogen-bond acceptors (Lipinski definition) is 3. The van der Waals surface area contributed by atoms with Crippen LogP contribution in [0.25, 0.3) is 0 Å². The van der Waals surface area contributed by atoms with E-state index in [1.165, 1.54) is 18.5 Å². The molecule has 150 valence electrons. The highest BCUT2D eigenvalue weighted by atomic mass is 127. The van der Waals surface area contributed by atoms with Crippen LogP contribution in [-0.4, -0.2) is 45.8 Å². The third kappa shape index (κ3) is 6.31. The van der Waals surface area contributed by atoms with Crippen molar-refractivity contribution in [3.05, 3.63) is 46.8 Å². The molecule has 0 saturated carbocycles. The number of benzene rings is 1. The van der Waals surface area contributed by atoms with E-state index >= 15 is 0 Å². The molecule has 6 nitrogen and oxygen atoms in total. The zero-order chi connectivity index (χ0) is 19.3. The summed E-state index contributed by atoms with van der Waals surface area (Å²) in [5, 5.41) is 7.80. The maximum atomic E-state index is 13.3. The highest BCUT2D eigenvalue weighted by Gasteiger charge is 2.24. The van der Waals surface area contributed by atoms with Crippen LogP contribution in [0.15, 0.2) is 29.5 Å². The average Bonchev–Trinajstić information content (AvgIpc) is 2.96. The number of hydrogen-bond donors (Lipinski definition) is 1. The maximum absolute atomic E-state index is 13.3. The van der Waals surface area contributed by atoms with Crippen molar-refractivity contribution < 1.29 is 4.39 Å². The zero-order valence-electron chi connectivity index (χ0n) is 16.3. The second kappa shape index (κ2) is 10.2. The Balaban J connectivity index is 0.00000364. The number of nitrogens with zero attached hydrogens (tertiary/aromatic N) is 5. The van der Waals surface area contributed by atoms with Crippen LogP contribution in [0.5, 0.6) is 0 Å². The monoisotopic (exact) mass is 508 g/mol. The van der Waals surface area contributed by atoms with Gasteiger partial charge in [-0.15, -0.1) is 24.0 Å². The van der Waals surface area contributed by atoms with Gasteiger partial charge in [0.1, 0.15) is 18.0 Å². The predicted molar refractivity (Wildman–Crippen MR) is 118 cm³/mol. The van der Waals surface area contributed by atoms with Crippen LogP contribution in [-0.2, 0) is 19.0 Å². The van der Waals surface area contributed by atoms with Gasteiger partial charge < -0.3 is 10.2 Å². The van der Waals surface area contributed by atoms with Crippen molar-refractivity contribution in [3.63, 3.8) is 0 Å². The highest BCUT2D eigenvalue weighted by Crippen LogP contribution is 2.30. The molecule has 2 aromatic rings. The van der Waals surface area contributed by atoms with Gasteiger partial charge in [-0.25, -0.2) is 9.37 Å². The summed E-state index contributed by atoms with van der Waals surface area (Å²) in [4.78, 5) is 11.0. The molecule has 0 spiro atoms. The van der Waals surface area contributed by atoms with Gasteiger partial charge in [0.25, 0.3) is 0 Å². The molecular weight excluding hydrogens is 482 g/mol. The first-order valence-electron chi connectivity index (χ1n) is 8.52. The lowest BCUT2D eigenvalue weighted by molar-refractivity contribution is 0.442. The van der Waals surface area contributed by atoms with Gasteiger partial charge >= 0.3 is 0 Å². The number of nitrogens with one attached hydrogen (secondary N) is 1. The molecule has 1 heterocycles. The normalized spacial score (nSPS) is 11.9. The van der Waals surface area contributed by atoms with Gasteiger partial charge in [-0.3, -0.25) is 9.67 Å². The second-order valence-electron chi connectivity index (χ2n) is 6.83. The molecule has 0 aliphatic carbocycles. The minimum absolute atomic E-state index is 0. The van der Waals surface area contributed by atoms with E-state index in [0.717, 1.165) is 23.9 Å². The van der Waals surface area contributed by atoms with Gasteiger partial charge in [-0.2, -0.15) is 5.10 Å². The molecule has 0 fully saturated rings. The predicted octanol–water partition coefficient (Wildman–Crippen LogP) is 3.60. The molecule has 0 radical (unpaired) electrons. The largest absolute Gasteiger partial charge is 0.357 e. The number of aliphatic imine (C=N–C) groups is 1. The van der Waals surface area contributed by atoms with Crippen molar-refractivity contribution in [3.8, 4) is 0 Å². The van der Waals surface area contributed by atoms with Gasteiger partial charge in [0.2, 0.25) is 0 Å². The number of aryl methyl sites for hydroxylation is 1. The average molecular weight is 509 g/mol. The van der Waals surface area contributed by atoms with Crippen LogP contribution in [0.1, 0.15) is 32.2 Å². The van der Waals surface area contributed by atoms with E-state index in [4.69, 9.17) is 16.6 Å². The SMILES string of the molecule is CCNC(=NCC(C)(C)c1ccc(F)cc1Cl)N(C)Cc1ncnn1C.I. The summed E-state index contributed by atoms with van der Waals surface area (Å²) in [6.07, 6.45) is 1.53. The van der Waals surface area contributed by atoms with E-state index in [9.17, 15) is 4.39 Å². The van der Waals surface area contributed by atoms with Gasteiger partial charge in [0, 0.05) is 31.1 Å². The molecule has 2 rings (SSSR count). The Labute approximate surface area is 182 Å². The second-order valence-corrected chi connectivity index (χ2v) is 7.24. The summed E-state index contributed by atoms with van der Waals surface area (Å²) in [6, 6.07) is 4.50. The van der Waals surface area contributed by atoms with E-state index in [-0.39, 0.29) is 35.2 Å². The van der Waals surface area contributed by atoms with Crippen LogP contribution >= 0.6 is 35.6 Å². The fraction of sp³-hybridized carbons (Fsp3) is 0.500. The Bertz CT molecular complexity index is 777.